The molecule has 0 aliphatic rings. The molecule has 0 atom stereocenters. The number of rotatable bonds is 2. The third-order valence-electron chi connectivity index (χ3n) is 2.47. The van der Waals surface area contributed by atoms with E-state index in [9.17, 15) is 4.79 Å². The summed E-state index contributed by atoms with van der Waals surface area (Å²) < 4.78 is 5.90. The van der Waals surface area contributed by atoms with Crippen LogP contribution in [0.4, 0.5) is 0 Å². The van der Waals surface area contributed by atoms with Gasteiger partial charge in [-0.25, -0.2) is 4.79 Å². The molecule has 0 spiro atoms. The number of H-pyrrole nitrogens is 1. The maximum absolute atomic E-state index is 11.1. The van der Waals surface area contributed by atoms with Gasteiger partial charge in [0.05, 0.1) is 18.2 Å². The molecule has 1 aromatic carbocycles. The van der Waals surface area contributed by atoms with E-state index >= 15 is 0 Å². The van der Waals surface area contributed by atoms with Crippen molar-refractivity contribution in [2.75, 3.05) is 7.11 Å². The number of ether oxygens (including phenoxy) is 1. The summed E-state index contributed by atoms with van der Waals surface area (Å²) in [6.45, 7) is 1.74. The van der Waals surface area contributed by atoms with Gasteiger partial charge in [0.15, 0.2) is 0 Å². The van der Waals surface area contributed by atoms with Crippen LogP contribution < -0.4 is 4.74 Å². The Labute approximate surface area is 100 Å². The third-order valence-corrected chi connectivity index (χ3v) is 3.10. The highest BCUT2D eigenvalue weighted by Crippen LogP contribution is 2.32. The first-order chi connectivity index (χ1) is 7.54. The van der Waals surface area contributed by atoms with Crippen molar-refractivity contribution in [1.29, 1.82) is 0 Å². The molecule has 2 N–H and O–H groups in total. The number of hydrogen-bond donors (Lipinski definition) is 2. The standard InChI is InChI=1S/C11H10BrNO3/c1-5-9(11(14)15)7-3-6(16-2)4-8(12)10(7)13-5/h3-4,13H,1-2H3,(H,14,15). The van der Waals surface area contributed by atoms with Gasteiger partial charge in [-0.05, 0) is 35.0 Å². The number of methoxy groups -OCH3 is 1. The second-order valence-electron chi connectivity index (χ2n) is 3.46. The Morgan fingerprint density at radius 3 is 2.75 bits per heavy atom. The Kier molecular flexibility index (Phi) is 2.63. The molecule has 0 saturated heterocycles. The molecule has 1 heterocycles. The van der Waals surface area contributed by atoms with E-state index in [0.717, 1.165) is 9.99 Å². The van der Waals surface area contributed by atoms with Crippen LogP contribution in [-0.4, -0.2) is 23.2 Å². The summed E-state index contributed by atoms with van der Waals surface area (Å²) >= 11 is 3.38. The van der Waals surface area contributed by atoms with Crippen LogP contribution in [0.3, 0.4) is 0 Å². The van der Waals surface area contributed by atoms with E-state index in [1.807, 2.05) is 0 Å². The largest absolute Gasteiger partial charge is 0.497 e. The van der Waals surface area contributed by atoms with Gasteiger partial charge < -0.3 is 14.8 Å². The van der Waals surface area contributed by atoms with Gasteiger partial charge in [-0.3, -0.25) is 0 Å². The van der Waals surface area contributed by atoms with Gasteiger partial charge in [0.1, 0.15) is 5.75 Å². The zero-order chi connectivity index (χ0) is 11.9. The molecule has 0 aliphatic carbocycles. The monoisotopic (exact) mass is 283 g/mol. The SMILES string of the molecule is COc1cc(Br)c2[nH]c(C)c(C(=O)O)c2c1. The summed E-state index contributed by atoms with van der Waals surface area (Å²) in [5.41, 5.74) is 1.70. The normalized spacial score (nSPS) is 10.7. The highest BCUT2D eigenvalue weighted by molar-refractivity contribution is 9.10. The lowest BCUT2D eigenvalue weighted by molar-refractivity contribution is 0.0698. The maximum Gasteiger partial charge on any atom is 0.338 e. The molecule has 0 saturated carbocycles. The van der Waals surface area contributed by atoms with Gasteiger partial charge in [-0.1, -0.05) is 0 Å². The van der Waals surface area contributed by atoms with E-state index in [-0.39, 0.29) is 5.56 Å². The van der Waals surface area contributed by atoms with Crippen molar-refractivity contribution < 1.29 is 14.6 Å². The van der Waals surface area contributed by atoms with E-state index in [1.165, 1.54) is 0 Å². The molecule has 0 radical (unpaired) electrons. The number of nitrogens with one attached hydrogen (secondary N) is 1. The topological polar surface area (TPSA) is 62.3 Å². The molecule has 5 heteroatoms. The first kappa shape index (κ1) is 11.0. The molecule has 0 bridgehead atoms. The zero-order valence-corrected chi connectivity index (χ0v) is 10.4. The van der Waals surface area contributed by atoms with Crippen LogP contribution in [0.25, 0.3) is 10.9 Å². The fraction of sp³-hybridized carbons (Fsp3) is 0.182. The summed E-state index contributed by atoms with van der Waals surface area (Å²) in [7, 11) is 1.55. The van der Waals surface area contributed by atoms with Crippen LogP contribution >= 0.6 is 15.9 Å². The number of carboxylic acids is 1. The number of carboxylic acid groups (broad SMARTS) is 1. The number of fused-ring (bicyclic) bond motifs is 1. The molecule has 0 aliphatic heterocycles. The quantitative estimate of drug-likeness (QED) is 0.891. The average molecular weight is 284 g/mol. The van der Waals surface area contributed by atoms with E-state index in [4.69, 9.17) is 9.84 Å². The van der Waals surface area contributed by atoms with Crippen LogP contribution in [0.5, 0.6) is 5.75 Å². The molecule has 16 heavy (non-hydrogen) atoms. The van der Waals surface area contributed by atoms with Crippen LogP contribution in [0, 0.1) is 6.92 Å². The predicted octanol–water partition coefficient (Wildman–Crippen LogP) is 2.95. The van der Waals surface area contributed by atoms with E-state index in [2.05, 4.69) is 20.9 Å². The van der Waals surface area contributed by atoms with Gasteiger partial charge in [-0.15, -0.1) is 0 Å². The summed E-state index contributed by atoms with van der Waals surface area (Å²) in [6.07, 6.45) is 0. The minimum absolute atomic E-state index is 0.287. The van der Waals surface area contributed by atoms with Gasteiger partial charge in [0, 0.05) is 15.6 Å². The molecular weight excluding hydrogens is 274 g/mol. The molecule has 2 rings (SSSR count). The summed E-state index contributed by atoms with van der Waals surface area (Å²) in [6, 6.07) is 3.51. The van der Waals surface area contributed by atoms with Crippen molar-refractivity contribution in [2.45, 2.75) is 6.92 Å². The van der Waals surface area contributed by atoms with Crippen LogP contribution in [0.15, 0.2) is 16.6 Å². The van der Waals surface area contributed by atoms with E-state index in [0.29, 0.717) is 16.8 Å². The lowest BCUT2D eigenvalue weighted by Gasteiger charge is -2.02. The number of carbonyl (C=O) groups is 1. The van der Waals surface area contributed by atoms with Crippen LogP contribution in [-0.2, 0) is 0 Å². The van der Waals surface area contributed by atoms with Crippen molar-refractivity contribution in [1.82, 2.24) is 4.98 Å². The van der Waals surface area contributed by atoms with Crippen molar-refractivity contribution >= 4 is 32.8 Å². The maximum atomic E-state index is 11.1. The molecule has 0 fully saturated rings. The highest BCUT2D eigenvalue weighted by atomic mass is 79.9. The van der Waals surface area contributed by atoms with E-state index < -0.39 is 5.97 Å². The Balaban J connectivity index is 2.86. The number of aromatic amines is 1. The number of benzene rings is 1. The summed E-state index contributed by atoms with van der Waals surface area (Å²) in [4.78, 5) is 14.2. The minimum Gasteiger partial charge on any atom is -0.497 e. The molecule has 0 unspecified atom stereocenters. The van der Waals surface area contributed by atoms with Gasteiger partial charge in [0.25, 0.3) is 0 Å². The third kappa shape index (κ3) is 1.57. The number of halogens is 1. The highest BCUT2D eigenvalue weighted by Gasteiger charge is 2.17. The van der Waals surface area contributed by atoms with Crippen LogP contribution in [0.1, 0.15) is 16.1 Å². The van der Waals surface area contributed by atoms with Crippen LogP contribution in [0.2, 0.25) is 0 Å². The molecular formula is C11H10BrNO3. The smallest absolute Gasteiger partial charge is 0.338 e. The van der Waals surface area contributed by atoms with E-state index in [1.54, 1.807) is 26.2 Å². The molecule has 84 valence electrons. The second kappa shape index (κ2) is 3.83. The summed E-state index contributed by atoms with van der Waals surface area (Å²) in [5, 5.41) is 9.78. The fourth-order valence-electron chi connectivity index (χ4n) is 1.75. The Morgan fingerprint density at radius 2 is 2.19 bits per heavy atom. The van der Waals surface area contributed by atoms with Gasteiger partial charge in [0.2, 0.25) is 0 Å². The van der Waals surface area contributed by atoms with Crippen molar-refractivity contribution in [2.24, 2.45) is 0 Å². The second-order valence-corrected chi connectivity index (χ2v) is 4.32. The Hall–Kier alpha value is -1.49. The molecule has 2 aromatic rings. The number of aryl methyl sites for hydroxylation is 1. The molecule has 4 nitrogen and oxygen atoms in total. The first-order valence-corrected chi connectivity index (χ1v) is 5.43. The number of aromatic nitrogens is 1. The fourth-order valence-corrected chi connectivity index (χ4v) is 2.29. The lowest BCUT2D eigenvalue weighted by Crippen LogP contribution is -1.97. The Morgan fingerprint density at radius 1 is 1.50 bits per heavy atom. The molecule has 0 amide bonds. The predicted molar refractivity (Wildman–Crippen MR) is 64.2 cm³/mol. The summed E-state index contributed by atoms with van der Waals surface area (Å²) in [5.74, 6) is -0.315. The number of aromatic carboxylic acids is 1. The molecule has 1 aromatic heterocycles. The number of hydrogen-bond acceptors (Lipinski definition) is 2. The van der Waals surface area contributed by atoms with Gasteiger partial charge in [-0.2, -0.15) is 0 Å². The average Bonchev–Trinajstić information content (AvgIpc) is 2.54. The van der Waals surface area contributed by atoms with Crippen molar-refractivity contribution in [3.05, 3.63) is 27.9 Å². The van der Waals surface area contributed by atoms with Crippen molar-refractivity contribution in [3.8, 4) is 5.75 Å². The minimum atomic E-state index is -0.941. The first-order valence-electron chi connectivity index (χ1n) is 4.63. The Bertz CT molecular complexity index is 574. The zero-order valence-electron chi connectivity index (χ0n) is 8.80. The lowest BCUT2D eigenvalue weighted by atomic mass is 10.1. The van der Waals surface area contributed by atoms with Crippen molar-refractivity contribution in [3.63, 3.8) is 0 Å². The van der Waals surface area contributed by atoms with Gasteiger partial charge >= 0.3 is 5.97 Å².